The number of hydrogen-bond acceptors (Lipinski definition) is 3. The molecule has 3 atom stereocenters. The van der Waals surface area contributed by atoms with E-state index in [0.29, 0.717) is 29.8 Å². The van der Waals surface area contributed by atoms with Crippen LogP contribution in [0.5, 0.6) is 0 Å². The van der Waals surface area contributed by atoms with Gasteiger partial charge in [0, 0.05) is 23.1 Å². The highest BCUT2D eigenvalue weighted by Gasteiger charge is 2.39. The van der Waals surface area contributed by atoms with Crippen LogP contribution in [0.3, 0.4) is 0 Å². The zero-order valence-corrected chi connectivity index (χ0v) is 19.1. The van der Waals surface area contributed by atoms with Crippen LogP contribution in [0.4, 0.5) is 0 Å². The first-order chi connectivity index (χ1) is 16.6. The summed E-state index contributed by atoms with van der Waals surface area (Å²) in [5, 5.41) is 0. The summed E-state index contributed by atoms with van der Waals surface area (Å²) in [4.78, 5) is 25.7. The Morgan fingerprint density at radius 1 is 0.971 bits per heavy atom. The van der Waals surface area contributed by atoms with E-state index in [-0.39, 0.29) is 5.78 Å². The molecule has 0 aliphatic heterocycles. The molecule has 2 aliphatic rings. The second kappa shape index (κ2) is 8.56. The molecule has 1 heterocycles. The van der Waals surface area contributed by atoms with Gasteiger partial charge in [-0.05, 0) is 54.9 Å². The van der Waals surface area contributed by atoms with Crippen molar-refractivity contribution in [3.05, 3.63) is 89.5 Å². The molecule has 0 radical (unpaired) electrons. The molecule has 0 saturated heterocycles. The van der Waals surface area contributed by atoms with Crippen LogP contribution in [-0.2, 0) is 6.42 Å². The molecule has 2 saturated carbocycles. The first-order valence-electron chi connectivity index (χ1n) is 12.1. The van der Waals surface area contributed by atoms with E-state index in [1.807, 2.05) is 72.8 Å². The van der Waals surface area contributed by atoms with Crippen LogP contribution in [-0.4, -0.2) is 27.6 Å². The van der Waals surface area contributed by atoms with Crippen molar-refractivity contribution in [1.82, 2.24) is 9.97 Å². The first kappa shape index (κ1) is 20.8. The van der Waals surface area contributed by atoms with Gasteiger partial charge in [-0.15, -0.1) is 0 Å². The largest absolute Gasteiger partial charge is 0.383 e. The normalized spacial score (nSPS) is 21.9. The Hall–Kier alpha value is -3.73. The smallest absolute Gasteiger partial charge is 0.167 e. The molecule has 5 nitrogen and oxygen atoms in total. The fourth-order valence-electron chi connectivity index (χ4n) is 5.63. The summed E-state index contributed by atoms with van der Waals surface area (Å²) in [6.45, 7) is 0. The molecule has 2 bridgehead atoms. The van der Waals surface area contributed by atoms with Crippen LogP contribution in [0, 0.1) is 11.8 Å². The van der Waals surface area contributed by atoms with E-state index in [2.05, 4.69) is 4.98 Å². The minimum atomic E-state index is 0.109. The summed E-state index contributed by atoms with van der Waals surface area (Å²) in [5.74, 6) is 3.07. The second-order valence-corrected chi connectivity index (χ2v) is 9.74. The lowest BCUT2D eigenvalue weighted by Gasteiger charge is -2.18. The summed E-state index contributed by atoms with van der Waals surface area (Å²) >= 11 is 0. The van der Waals surface area contributed by atoms with E-state index in [1.54, 1.807) is 0 Å². The molecule has 0 amide bonds. The van der Waals surface area contributed by atoms with Crippen LogP contribution in [0.25, 0.3) is 22.4 Å². The highest BCUT2D eigenvalue weighted by atomic mass is 16.1. The number of aromatic amines is 1. The Kier molecular flexibility index (Phi) is 5.25. The van der Waals surface area contributed by atoms with Crippen LogP contribution >= 0.6 is 0 Å². The number of nitrogens with two attached hydrogens (primary N) is 1. The van der Waals surface area contributed by atoms with Crippen molar-refractivity contribution >= 4 is 22.7 Å². The Labute approximate surface area is 199 Å². The van der Waals surface area contributed by atoms with Crippen LogP contribution < -0.4 is 5.73 Å². The standard InChI is InChI=1S/C29H28N4O/c30-28(31-25-15-19-6-7-22(25)14-19)23-12-13-24-26(17-23)33-29(32-24)21-10-8-20(9-11-21)27(34)16-18-4-2-1-3-5-18/h1-5,8-13,17,19,22,25H,6-7,14-16H2,(H2,30,31)(H,32,33). The predicted octanol–water partition coefficient (Wildman–Crippen LogP) is 5.55. The number of nitrogens with zero attached hydrogens (tertiary/aromatic N) is 2. The van der Waals surface area contributed by atoms with Crippen molar-refractivity contribution in [2.45, 2.75) is 38.1 Å². The first-order valence-corrected chi connectivity index (χ1v) is 12.1. The molecule has 2 aliphatic carbocycles. The number of fused-ring (bicyclic) bond motifs is 3. The van der Waals surface area contributed by atoms with Crippen molar-refractivity contribution < 1.29 is 4.79 Å². The second-order valence-electron chi connectivity index (χ2n) is 9.74. The lowest BCUT2D eigenvalue weighted by molar-refractivity contribution is 0.0993. The van der Waals surface area contributed by atoms with Gasteiger partial charge in [0.2, 0.25) is 0 Å². The lowest BCUT2D eigenvalue weighted by atomic mass is 9.96. The van der Waals surface area contributed by atoms with E-state index >= 15 is 0 Å². The molecule has 34 heavy (non-hydrogen) atoms. The number of aliphatic imine (C=N–C) groups is 1. The van der Waals surface area contributed by atoms with E-state index in [9.17, 15) is 4.79 Å². The maximum absolute atomic E-state index is 12.6. The molecule has 3 N–H and O–H groups in total. The summed E-state index contributed by atoms with van der Waals surface area (Å²) in [6.07, 6.45) is 5.57. The Balaban J connectivity index is 1.20. The molecule has 5 heteroatoms. The van der Waals surface area contributed by atoms with Gasteiger partial charge in [-0.1, -0.05) is 61.0 Å². The van der Waals surface area contributed by atoms with Crippen molar-refractivity contribution in [1.29, 1.82) is 0 Å². The van der Waals surface area contributed by atoms with Crippen molar-refractivity contribution in [3.8, 4) is 11.4 Å². The number of carbonyl (C=O) groups excluding carboxylic acids is 1. The number of rotatable bonds is 6. The fraction of sp³-hybridized carbons (Fsp3) is 0.276. The van der Waals surface area contributed by atoms with Gasteiger partial charge in [-0.3, -0.25) is 9.79 Å². The quantitative estimate of drug-likeness (QED) is 0.230. The molecule has 1 aromatic heterocycles. The van der Waals surface area contributed by atoms with E-state index < -0.39 is 0 Å². The Morgan fingerprint density at radius 2 is 1.76 bits per heavy atom. The summed E-state index contributed by atoms with van der Waals surface area (Å²) in [6, 6.07) is 23.9. The maximum Gasteiger partial charge on any atom is 0.167 e. The van der Waals surface area contributed by atoms with Crippen molar-refractivity contribution in [3.63, 3.8) is 0 Å². The van der Waals surface area contributed by atoms with Gasteiger partial charge in [-0.25, -0.2) is 4.98 Å². The van der Waals surface area contributed by atoms with E-state index in [1.165, 1.54) is 25.7 Å². The predicted molar refractivity (Wildman–Crippen MR) is 136 cm³/mol. The van der Waals surface area contributed by atoms with Crippen LogP contribution in [0.15, 0.2) is 77.8 Å². The van der Waals surface area contributed by atoms with E-state index in [4.69, 9.17) is 15.7 Å². The number of H-pyrrole nitrogens is 1. The maximum atomic E-state index is 12.6. The van der Waals surface area contributed by atoms with Gasteiger partial charge < -0.3 is 10.7 Å². The number of ketones is 1. The average molecular weight is 449 g/mol. The number of imidazole rings is 1. The number of hydrogen-bond donors (Lipinski definition) is 2. The Morgan fingerprint density at radius 3 is 2.50 bits per heavy atom. The highest BCUT2D eigenvalue weighted by Crippen LogP contribution is 2.46. The van der Waals surface area contributed by atoms with Gasteiger partial charge in [0.25, 0.3) is 0 Å². The topological polar surface area (TPSA) is 84.1 Å². The molecular formula is C29H28N4O. The van der Waals surface area contributed by atoms with E-state index in [0.717, 1.165) is 39.5 Å². The van der Waals surface area contributed by atoms with Crippen LogP contribution in [0.1, 0.15) is 47.2 Å². The zero-order valence-electron chi connectivity index (χ0n) is 19.1. The van der Waals surface area contributed by atoms with Crippen LogP contribution in [0.2, 0.25) is 0 Å². The third kappa shape index (κ3) is 4.03. The van der Waals surface area contributed by atoms with Gasteiger partial charge in [0.05, 0.1) is 17.1 Å². The molecule has 170 valence electrons. The van der Waals surface area contributed by atoms with Gasteiger partial charge in [0.15, 0.2) is 5.78 Å². The molecule has 2 fully saturated rings. The SMILES string of the molecule is NC(=NC1CC2CCC1C2)c1ccc2nc(-c3ccc(C(=O)Cc4ccccc4)cc3)[nH]c2c1. The fourth-order valence-corrected chi connectivity index (χ4v) is 5.63. The number of aromatic nitrogens is 2. The number of carbonyl (C=O) groups is 1. The zero-order chi connectivity index (χ0) is 23.1. The third-order valence-corrected chi connectivity index (χ3v) is 7.47. The minimum absolute atomic E-state index is 0.109. The van der Waals surface area contributed by atoms with Gasteiger partial charge >= 0.3 is 0 Å². The van der Waals surface area contributed by atoms with Crippen molar-refractivity contribution in [2.24, 2.45) is 22.6 Å². The molecule has 0 spiro atoms. The third-order valence-electron chi connectivity index (χ3n) is 7.47. The molecule has 3 unspecified atom stereocenters. The number of benzene rings is 3. The van der Waals surface area contributed by atoms with Gasteiger partial charge in [-0.2, -0.15) is 0 Å². The van der Waals surface area contributed by atoms with Crippen molar-refractivity contribution in [2.75, 3.05) is 0 Å². The number of Topliss-reactive ketones (excluding diaryl/α,β-unsaturated/α-hetero) is 1. The average Bonchev–Trinajstić information content (AvgIpc) is 3.60. The number of amidine groups is 1. The summed E-state index contributed by atoms with van der Waals surface area (Å²) in [5.41, 5.74) is 11.8. The minimum Gasteiger partial charge on any atom is -0.383 e. The summed E-state index contributed by atoms with van der Waals surface area (Å²) < 4.78 is 0. The summed E-state index contributed by atoms with van der Waals surface area (Å²) in [7, 11) is 0. The number of nitrogens with one attached hydrogen (secondary N) is 1. The Bertz CT molecular complexity index is 1370. The molecule has 3 aromatic carbocycles. The highest BCUT2D eigenvalue weighted by molar-refractivity contribution is 6.00. The van der Waals surface area contributed by atoms with Gasteiger partial charge in [0.1, 0.15) is 11.7 Å². The molecular weight excluding hydrogens is 420 g/mol. The molecule has 6 rings (SSSR count). The lowest BCUT2D eigenvalue weighted by Crippen LogP contribution is -2.21. The molecule has 4 aromatic rings. The monoisotopic (exact) mass is 448 g/mol.